The minimum absolute atomic E-state index is 0.143. The fraction of sp³-hybridized carbons (Fsp3) is 0.444. The predicted octanol–water partition coefficient (Wildman–Crippen LogP) is 4.44. The number of unbranched alkanes of at least 4 members (excludes halogenated alkanes) is 1. The summed E-state index contributed by atoms with van der Waals surface area (Å²) in [6.45, 7) is 6.02. The predicted molar refractivity (Wildman–Crippen MR) is 94.9 cm³/mol. The summed E-state index contributed by atoms with van der Waals surface area (Å²) in [5, 5.41) is 13.7. The number of aryl methyl sites for hydroxylation is 1. The summed E-state index contributed by atoms with van der Waals surface area (Å²) in [5.41, 5.74) is -2.24. The fourth-order valence-electron chi connectivity index (χ4n) is 2.16. The first-order chi connectivity index (χ1) is 12.9. The van der Waals surface area contributed by atoms with Gasteiger partial charge in [0.1, 0.15) is 10.8 Å². The van der Waals surface area contributed by atoms with Crippen molar-refractivity contribution < 1.29 is 22.4 Å². The molecule has 150 valence electrons. The second-order valence-electron chi connectivity index (χ2n) is 7.03. The van der Waals surface area contributed by atoms with Crippen LogP contribution in [0.2, 0.25) is 0 Å². The van der Waals surface area contributed by atoms with Crippen LogP contribution in [0.25, 0.3) is 0 Å². The van der Waals surface area contributed by atoms with E-state index in [0.29, 0.717) is 36.2 Å². The average molecular weight is 414 g/mol. The summed E-state index contributed by atoms with van der Waals surface area (Å²) in [6, 6.07) is 3.61. The molecule has 0 unspecified atom stereocenters. The minimum Gasteiger partial charge on any atom is -0.267 e. The molecule has 0 aliphatic heterocycles. The summed E-state index contributed by atoms with van der Waals surface area (Å²) >= 11 is 1.10. The lowest BCUT2D eigenvalue weighted by atomic mass is 9.98. The molecule has 1 aromatic carbocycles. The van der Waals surface area contributed by atoms with E-state index < -0.39 is 29.0 Å². The van der Waals surface area contributed by atoms with Crippen molar-refractivity contribution in [3.63, 3.8) is 0 Å². The van der Waals surface area contributed by atoms with Crippen molar-refractivity contribution in [1.29, 1.82) is 5.26 Å². The van der Waals surface area contributed by atoms with Crippen LogP contribution in [0.1, 0.15) is 54.5 Å². The summed E-state index contributed by atoms with van der Waals surface area (Å²) in [6.07, 6.45) is -3.97. The largest absolute Gasteiger partial charge is 0.416 e. The van der Waals surface area contributed by atoms with Crippen LogP contribution >= 0.6 is 11.3 Å². The zero-order chi connectivity index (χ0) is 21.1. The highest BCUT2D eigenvalue weighted by Gasteiger charge is 2.32. The Hall–Kier alpha value is -2.54. The van der Waals surface area contributed by atoms with E-state index in [1.165, 1.54) is 4.68 Å². The second-order valence-corrected chi connectivity index (χ2v) is 7.99. The van der Waals surface area contributed by atoms with Gasteiger partial charge in [-0.15, -0.1) is 0 Å². The molecule has 5 nitrogen and oxygen atoms in total. The Morgan fingerprint density at radius 2 is 2.00 bits per heavy atom. The van der Waals surface area contributed by atoms with E-state index in [0.717, 1.165) is 11.3 Å². The molecule has 0 aliphatic carbocycles. The molecular weight excluding hydrogens is 396 g/mol. The van der Waals surface area contributed by atoms with Crippen LogP contribution in [0.5, 0.6) is 0 Å². The van der Waals surface area contributed by atoms with Crippen molar-refractivity contribution in [2.45, 2.75) is 51.7 Å². The van der Waals surface area contributed by atoms with Crippen molar-refractivity contribution in [3.8, 4) is 6.07 Å². The number of carbonyl (C=O) groups excluding carboxylic acids is 1. The van der Waals surface area contributed by atoms with E-state index in [1.54, 1.807) is 0 Å². The smallest absolute Gasteiger partial charge is 0.267 e. The molecule has 2 rings (SSSR count). The SMILES string of the molecule is CC(C)(C)c1nn(CCCC#N)/c(=N/C(=O)c2cc(C(F)(F)F)ccc2F)s1. The molecular formula is C18H18F4N4OS. The van der Waals surface area contributed by atoms with E-state index in [9.17, 15) is 22.4 Å². The first kappa shape index (κ1) is 21.8. The van der Waals surface area contributed by atoms with Gasteiger partial charge in [0.15, 0.2) is 0 Å². The number of amides is 1. The van der Waals surface area contributed by atoms with E-state index in [1.807, 2.05) is 26.8 Å². The zero-order valence-electron chi connectivity index (χ0n) is 15.5. The van der Waals surface area contributed by atoms with Gasteiger partial charge in [0, 0.05) is 18.4 Å². The van der Waals surface area contributed by atoms with Gasteiger partial charge in [0.25, 0.3) is 5.91 Å². The number of alkyl halides is 3. The zero-order valence-corrected chi connectivity index (χ0v) is 16.3. The third kappa shape index (κ3) is 5.25. The lowest BCUT2D eigenvalue weighted by Crippen LogP contribution is -2.19. The third-order valence-corrected chi connectivity index (χ3v) is 5.01. The number of aromatic nitrogens is 2. The van der Waals surface area contributed by atoms with Crippen molar-refractivity contribution in [1.82, 2.24) is 9.78 Å². The lowest BCUT2D eigenvalue weighted by Gasteiger charge is -2.12. The van der Waals surface area contributed by atoms with Gasteiger partial charge in [-0.3, -0.25) is 4.79 Å². The maximum atomic E-state index is 14.0. The number of rotatable bonds is 4. The highest BCUT2D eigenvalue weighted by molar-refractivity contribution is 7.09. The summed E-state index contributed by atoms with van der Waals surface area (Å²) in [5.74, 6) is -2.21. The maximum Gasteiger partial charge on any atom is 0.416 e. The molecule has 0 aliphatic rings. The van der Waals surface area contributed by atoms with Crippen LogP contribution in [0.4, 0.5) is 17.6 Å². The molecule has 1 heterocycles. The van der Waals surface area contributed by atoms with Gasteiger partial charge in [-0.25, -0.2) is 9.07 Å². The van der Waals surface area contributed by atoms with Crippen LogP contribution in [0.15, 0.2) is 23.2 Å². The number of nitriles is 1. The number of nitrogens with zero attached hydrogens (tertiary/aromatic N) is 4. The molecule has 0 spiro atoms. The van der Waals surface area contributed by atoms with Gasteiger partial charge in [-0.2, -0.15) is 28.5 Å². The van der Waals surface area contributed by atoms with Gasteiger partial charge < -0.3 is 0 Å². The third-order valence-electron chi connectivity index (χ3n) is 3.64. The average Bonchev–Trinajstić information content (AvgIpc) is 2.97. The highest BCUT2D eigenvalue weighted by atomic mass is 32.1. The lowest BCUT2D eigenvalue weighted by molar-refractivity contribution is -0.137. The van der Waals surface area contributed by atoms with Crippen LogP contribution in [-0.2, 0) is 18.1 Å². The molecule has 1 aromatic heterocycles. The molecule has 1 amide bonds. The van der Waals surface area contributed by atoms with Crippen molar-refractivity contribution in [2.24, 2.45) is 4.99 Å². The van der Waals surface area contributed by atoms with E-state index in [4.69, 9.17) is 5.26 Å². The van der Waals surface area contributed by atoms with Crippen molar-refractivity contribution in [3.05, 3.63) is 45.0 Å². The highest BCUT2D eigenvalue weighted by Crippen LogP contribution is 2.30. The summed E-state index contributed by atoms with van der Waals surface area (Å²) < 4.78 is 53.9. The quantitative estimate of drug-likeness (QED) is 0.548. The second kappa shape index (κ2) is 8.22. The van der Waals surface area contributed by atoms with Crippen LogP contribution in [0, 0.1) is 17.1 Å². The Morgan fingerprint density at radius 1 is 1.32 bits per heavy atom. The summed E-state index contributed by atoms with van der Waals surface area (Å²) in [7, 11) is 0. The van der Waals surface area contributed by atoms with Crippen molar-refractivity contribution in [2.75, 3.05) is 0 Å². The van der Waals surface area contributed by atoms with Gasteiger partial charge in [0.05, 0.1) is 17.2 Å². The molecule has 0 bridgehead atoms. The molecule has 28 heavy (non-hydrogen) atoms. The Kier molecular flexibility index (Phi) is 6.39. The molecule has 0 saturated carbocycles. The molecule has 0 atom stereocenters. The standard InChI is InChI=1S/C18H18F4N4OS/c1-17(2,3)15-25-26(9-5-4-8-23)16(28-15)24-14(27)12-10-11(18(20,21)22)6-7-13(12)19/h6-7,10H,4-5,9H2,1-3H3/b24-16-. The monoisotopic (exact) mass is 414 g/mol. The normalized spacial score (nSPS) is 12.9. The maximum absolute atomic E-state index is 14.0. The van der Waals surface area contributed by atoms with Crippen LogP contribution < -0.4 is 4.80 Å². The van der Waals surface area contributed by atoms with Crippen LogP contribution in [-0.4, -0.2) is 15.7 Å². The molecule has 0 fully saturated rings. The molecule has 2 aromatic rings. The fourth-order valence-corrected chi connectivity index (χ4v) is 3.15. The first-order valence-corrected chi connectivity index (χ1v) is 9.16. The Bertz CT molecular complexity index is 977. The number of hydrogen-bond acceptors (Lipinski definition) is 4. The summed E-state index contributed by atoms with van der Waals surface area (Å²) in [4.78, 5) is 16.4. The molecule has 0 saturated heterocycles. The van der Waals surface area contributed by atoms with E-state index >= 15 is 0 Å². The van der Waals surface area contributed by atoms with Gasteiger partial charge >= 0.3 is 6.18 Å². The molecule has 0 N–H and O–H groups in total. The Morgan fingerprint density at radius 3 is 2.57 bits per heavy atom. The molecule has 0 radical (unpaired) electrons. The Balaban J connectivity index is 2.50. The topological polar surface area (TPSA) is 71.0 Å². The molecule has 10 heteroatoms. The number of carbonyl (C=O) groups is 1. The minimum atomic E-state index is -4.70. The van der Waals surface area contributed by atoms with Gasteiger partial charge in [-0.05, 0) is 24.6 Å². The van der Waals surface area contributed by atoms with Crippen LogP contribution in [0.3, 0.4) is 0 Å². The number of halogens is 4. The van der Waals surface area contributed by atoms with Crippen molar-refractivity contribution >= 4 is 17.2 Å². The first-order valence-electron chi connectivity index (χ1n) is 8.34. The number of benzene rings is 1. The van der Waals surface area contributed by atoms with E-state index in [2.05, 4.69) is 10.1 Å². The van der Waals surface area contributed by atoms with E-state index in [-0.39, 0.29) is 16.6 Å². The van der Waals surface area contributed by atoms with Gasteiger partial charge in [0.2, 0.25) is 4.80 Å². The van der Waals surface area contributed by atoms with Gasteiger partial charge in [-0.1, -0.05) is 32.1 Å². The number of hydrogen-bond donors (Lipinski definition) is 0. The Labute approximate surface area is 163 Å².